The van der Waals surface area contributed by atoms with Crippen molar-refractivity contribution in [1.29, 1.82) is 0 Å². The molecule has 0 aliphatic rings. The number of rotatable bonds is 8. The van der Waals surface area contributed by atoms with E-state index < -0.39 is 6.04 Å². The van der Waals surface area contributed by atoms with Crippen LogP contribution in [0.1, 0.15) is 27.5 Å². The van der Waals surface area contributed by atoms with Gasteiger partial charge in [0.1, 0.15) is 0 Å². The first kappa shape index (κ1) is 22.1. The van der Waals surface area contributed by atoms with Crippen LogP contribution in [0.2, 0.25) is 5.02 Å². The van der Waals surface area contributed by atoms with Gasteiger partial charge in [-0.25, -0.2) is 0 Å². The summed E-state index contributed by atoms with van der Waals surface area (Å²) in [6.45, 7) is 0.666. The number of ketones is 1. The minimum absolute atomic E-state index is 0.0409. The van der Waals surface area contributed by atoms with Gasteiger partial charge >= 0.3 is 0 Å². The van der Waals surface area contributed by atoms with Gasteiger partial charge in [-0.2, -0.15) is 0 Å². The van der Waals surface area contributed by atoms with Crippen molar-refractivity contribution in [1.82, 2.24) is 15.3 Å². The molecule has 0 aliphatic carbocycles. The van der Waals surface area contributed by atoms with Crippen molar-refractivity contribution in [2.45, 2.75) is 12.5 Å². The van der Waals surface area contributed by atoms with Crippen molar-refractivity contribution in [3.8, 4) is 11.3 Å². The Morgan fingerprint density at radius 2 is 1.74 bits per heavy atom. The first-order valence-electron chi connectivity index (χ1n) is 11.3. The summed E-state index contributed by atoms with van der Waals surface area (Å²) in [6, 6.07) is 29.1. The number of carbonyl (C=O) groups excluding carboxylic acids is 1. The second-order valence-electron chi connectivity index (χ2n) is 8.22. The van der Waals surface area contributed by atoms with E-state index in [4.69, 9.17) is 11.6 Å². The Labute approximate surface area is 203 Å². The molecule has 0 spiro atoms. The van der Waals surface area contributed by atoms with Gasteiger partial charge in [0.15, 0.2) is 5.78 Å². The van der Waals surface area contributed by atoms with Crippen LogP contribution in [0.4, 0.5) is 0 Å². The minimum Gasteiger partial charge on any atom is -0.360 e. The van der Waals surface area contributed by atoms with E-state index in [2.05, 4.69) is 15.3 Å². The lowest BCUT2D eigenvalue weighted by Crippen LogP contribution is -2.30. The van der Waals surface area contributed by atoms with Gasteiger partial charge in [-0.1, -0.05) is 72.3 Å². The molecular formula is C29H24ClN3O. The number of aromatic amines is 1. The van der Waals surface area contributed by atoms with Crippen molar-refractivity contribution in [2.75, 3.05) is 6.54 Å². The molecule has 0 fully saturated rings. The Balaban J connectivity index is 1.40. The number of Topliss-reactive ketones (excluding diaryl/α,β-unsaturated/α-hetero) is 1. The molecule has 2 N–H and O–H groups in total. The van der Waals surface area contributed by atoms with E-state index in [1.807, 2.05) is 97.2 Å². The van der Waals surface area contributed by atoms with Crippen molar-refractivity contribution < 1.29 is 4.79 Å². The number of hydrogen-bond donors (Lipinski definition) is 2. The fraction of sp³-hybridized carbons (Fsp3) is 0.103. The summed E-state index contributed by atoms with van der Waals surface area (Å²) in [5, 5.41) is 5.11. The van der Waals surface area contributed by atoms with Crippen LogP contribution in [-0.2, 0) is 6.42 Å². The fourth-order valence-corrected chi connectivity index (χ4v) is 4.32. The fourth-order valence-electron chi connectivity index (χ4n) is 4.20. The van der Waals surface area contributed by atoms with Crippen LogP contribution >= 0.6 is 11.6 Å². The maximum Gasteiger partial charge on any atom is 0.186 e. The number of fused-ring (bicyclic) bond motifs is 1. The molecule has 0 aliphatic heterocycles. The first-order chi connectivity index (χ1) is 16.7. The molecule has 0 saturated heterocycles. The van der Waals surface area contributed by atoms with Crippen LogP contribution < -0.4 is 5.32 Å². The molecule has 5 aromatic rings. The lowest BCUT2D eigenvalue weighted by molar-refractivity contribution is 0.0945. The van der Waals surface area contributed by atoms with Crippen molar-refractivity contribution in [3.63, 3.8) is 0 Å². The van der Waals surface area contributed by atoms with Gasteiger partial charge in [0.2, 0.25) is 0 Å². The largest absolute Gasteiger partial charge is 0.360 e. The van der Waals surface area contributed by atoms with Crippen molar-refractivity contribution in [2.24, 2.45) is 0 Å². The number of pyridine rings is 1. The Hall–Kier alpha value is -3.73. The number of aromatic nitrogens is 2. The SMILES string of the molecule is O=C(c1c[nH]c2cc(-c3ccccn3)ccc12)[C@H](NCCc1ccc(Cl)cc1)c1ccccc1. The average molecular weight is 466 g/mol. The molecule has 168 valence electrons. The number of carbonyl (C=O) groups is 1. The van der Waals surface area contributed by atoms with Crippen LogP contribution in [0.15, 0.2) is 103 Å². The smallest absolute Gasteiger partial charge is 0.186 e. The Kier molecular flexibility index (Phi) is 6.52. The molecule has 4 nitrogen and oxygen atoms in total. The topological polar surface area (TPSA) is 57.8 Å². The monoisotopic (exact) mass is 465 g/mol. The van der Waals surface area contributed by atoms with Gasteiger partial charge in [-0.15, -0.1) is 0 Å². The molecule has 0 amide bonds. The number of hydrogen-bond acceptors (Lipinski definition) is 3. The molecule has 2 heterocycles. The second-order valence-corrected chi connectivity index (χ2v) is 8.65. The number of nitrogens with zero attached hydrogens (tertiary/aromatic N) is 1. The van der Waals surface area contributed by atoms with Gasteiger partial charge in [-0.05, 0) is 47.9 Å². The van der Waals surface area contributed by atoms with E-state index in [1.54, 1.807) is 6.20 Å². The summed E-state index contributed by atoms with van der Waals surface area (Å²) in [5.41, 5.74) is 5.62. The summed E-state index contributed by atoms with van der Waals surface area (Å²) >= 11 is 6.00. The van der Waals surface area contributed by atoms with E-state index in [1.165, 1.54) is 5.56 Å². The lowest BCUT2D eigenvalue weighted by atomic mass is 9.96. The third-order valence-corrected chi connectivity index (χ3v) is 6.23. The molecule has 0 bridgehead atoms. The number of nitrogens with one attached hydrogen (secondary N) is 2. The zero-order valence-electron chi connectivity index (χ0n) is 18.5. The second kappa shape index (κ2) is 10.0. The van der Waals surface area contributed by atoms with Gasteiger partial charge in [-0.3, -0.25) is 9.78 Å². The summed E-state index contributed by atoms with van der Waals surface area (Å²) in [6.07, 6.45) is 4.39. The van der Waals surface area contributed by atoms with Gasteiger partial charge in [0, 0.05) is 46.0 Å². The Bertz CT molecular complexity index is 1400. The highest BCUT2D eigenvalue weighted by atomic mass is 35.5. The average Bonchev–Trinajstić information content (AvgIpc) is 3.32. The predicted octanol–water partition coefficient (Wildman–Crippen LogP) is 6.64. The van der Waals surface area contributed by atoms with E-state index in [0.717, 1.165) is 39.2 Å². The van der Waals surface area contributed by atoms with Crippen LogP contribution in [0.5, 0.6) is 0 Å². The maximum absolute atomic E-state index is 13.8. The highest BCUT2D eigenvalue weighted by Gasteiger charge is 2.24. The molecule has 1 atom stereocenters. The molecular weight excluding hydrogens is 442 g/mol. The van der Waals surface area contributed by atoms with Gasteiger partial charge in [0.25, 0.3) is 0 Å². The van der Waals surface area contributed by atoms with Crippen LogP contribution in [0.3, 0.4) is 0 Å². The van der Waals surface area contributed by atoms with Crippen molar-refractivity contribution >= 4 is 28.3 Å². The Morgan fingerprint density at radius 1 is 0.941 bits per heavy atom. The van der Waals surface area contributed by atoms with Gasteiger partial charge in [0.05, 0.1) is 11.7 Å². The predicted molar refractivity (Wildman–Crippen MR) is 138 cm³/mol. The highest BCUT2D eigenvalue weighted by Crippen LogP contribution is 2.28. The quantitative estimate of drug-likeness (QED) is 0.252. The van der Waals surface area contributed by atoms with E-state index >= 15 is 0 Å². The minimum atomic E-state index is -0.442. The lowest BCUT2D eigenvalue weighted by Gasteiger charge is -2.18. The van der Waals surface area contributed by atoms with Crippen molar-refractivity contribution in [3.05, 3.63) is 125 Å². The zero-order chi connectivity index (χ0) is 23.3. The first-order valence-corrected chi connectivity index (χ1v) is 11.7. The van der Waals surface area contributed by atoms with Crippen LogP contribution in [0, 0.1) is 0 Å². The third kappa shape index (κ3) is 4.79. The van der Waals surface area contributed by atoms with E-state index in [0.29, 0.717) is 12.1 Å². The normalized spacial score (nSPS) is 12.0. The summed E-state index contributed by atoms with van der Waals surface area (Å²) in [4.78, 5) is 21.5. The van der Waals surface area contributed by atoms with E-state index in [-0.39, 0.29) is 5.78 Å². The number of H-pyrrole nitrogens is 1. The molecule has 5 rings (SSSR count). The van der Waals surface area contributed by atoms with E-state index in [9.17, 15) is 4.79 Å². The summed E-state index contributed by atoms with van der Waals surface area (Å²) in [7, 11) is 0. The van der Waals surface area contributed by atoms with Crippen LogP contribution in [-0.4, -0.2) is 22.3 Å². The molecule has 0 radical (unpaired) electrons. The third-order valence-electron chi connectivity index (χ3n) is 5.98. The number of halogens is 1. The maximum atomic E-state index is 13.8. The number of benzene rings is 3. The standard InChI is InChI=1S/C29H24ClN3O/c30-23-12-9-20(10-13-23)15-17-32-28(21-6-2-1-3-7-21)29(34)25-19-33-27-18-22(11-14-24(25)27)26-8-4-5-16-31-26/h1-14,16,18-19,28,32-33H,15,17H2/t28-/m1/s1. The van der Waals surface area contributed by atoms with Crippen LogP contribution in [0.25, 0.3) is 22.2 Å². The molecule has 5 heteroatoms. The van der Waals surface area contributed by atoms with Gasteiger partial charge < -0.3 is 10.3 Å². The summed E-state index contributed by atoms with van der Waals surface area (Å²) < 4.78 is 0. The molecule has 0 saturated carbocycles. The highest BCUT2D eigenvalue weighted by molar-refractivity contribution is 6.30. The Morgan fingerprint density at radius 3 is 2.50 bits per heavy atom. The molecule has 2 aromatic heterocycles. The molecule has 0 unspecified atom stereocenters. The zero-order valence-corrected chi connectivity index (χ0v) is 19.3. The molecule has 3 aromatic carbocycles. The molecule has 34 heavy (non-hydrogen) atoms. The summed E-state index contributed by atoms with van der Waals surface area (Å²) in [5.74, 6) is 0.0409.